The van der Waals surface area contributed by atoms with Crippen LogP contribution >= 0.6 is 0 Å². The lowest BCUT2D eigenvalue weighted by atomic mass is 10.1. The number of fused-ring (bicyclic) bond motifs is 1. The average Bonchev–Trinajstić information content (AvgIpc) is 3.23. The standard InChI is InChI=1S/C21H21FN6O2/c22-17-12-15(3-4-18(17)26-8-10-30-11-9-26)21(29)27-6-7-28-19(14-27)24-25-20(28)16-2-1-5-23-13-16/h1-5,12-13H,6-11,14H2. The SMILES string of the molecule is O=C(c1ccc(N2CCOCC2)c(F)c1)N1CCn2c(nnc2-c2cccnc2)C1. The molecule has 0 unspecified atom stereocenters. The summed E-state index contributed by atoms with van der Waals surface area (Å²) in [6, 6.07) is 8.48. The Bertz CT molecular complexity index is 1060. The Hall–Kier alpha value is -3.33. The van der Waals surface area contributed by atoms with Gasteiger partial charge in [-0.25, -0.2) is 4.39 Å². The fourth-order valence-corrected chi connectivity index (χ4v) is 3.92. The average molecular weight is 408 g/mol. The summed E-state index contributed by atoms with van der Waals surface area (Å²) in [5.41, 5.74) is 1.73. The zero-order chi connectivity index (χ0) is 20.5. The lowest BCUT2D eigenvalue weighted by Gasteiger charge is -2.30. The fraction of sp³-hybridized carbons (Fsp3) is 0.333. The van der Waals surface area contributed by atoms with Crippen LogP contribution in [0.1, 0.15) is 16.2 Å². The Balaban J connectivity index is 1.33. The minimum absolute atomic E-state index is 0.209. The summed E-state index contributed by atoms with van der Waals surface area (Å²) in [5, 5.41) is 8.52. The van der Waals surface area contributed by atoms with E-state index in [1.54, 1.807) is 29.4 Å². The van der Waals surface area contributed by atoms with Crippen LogP contribution in [0.3, 0.4) is 0 Å². The van der Waals surface area contributed by atoms with Gasteiger partial charge in [-0.15, -0.1) is 10.2 Å². The van der Waals surface area contributed by atoms with Gasteiger partial charge in [0.05, 0.1) is 25.4 Å². The molecule has 0 aliphatic carbocycles. The van der Waals surface area contributed by atoms with Crippen molar-refractivity contribution in [2.45, 2.75) is 13.1 Å². The van der Waals surface area contributed by atoms with Gasteiger partial charge in [0, 0.05) is 49.7 Å². The van der Waals surface area contributed by atoms with Gasteiger partial charge in [0.1, 0.15) is 5.82 Å². The number of hydrogen-bond donors (Lipinski definition) is 0. The van der Waals surface area contributed by atoms with Crippen molar-refractivity contribution in [2.24, 2.45) is 0 Å². The highest BCUT2D eigenvalue weighted by molar-refractivity contribution is 5.94. The molecule has 8 nitrogen and oxygen atoms in total. The van der Waals surface area contributed by atoms with Gasteiger partial charge in [0.25, 0.3) is 5.91 Å². The minimum Gasteiger partial charge on any atom is -0.378 e. The number of nitrogens with zero attached hydrogens (tertiary/aromatic N) is 6. The summed E-state index contributed by atoms with van der Waals surface area (Å²) in [7, 11) is 0. The molecule has 1 saturated heterocycles. The second-order valence-corrected chi connectivity index (χ2v) is 7.33. The molecule has 0 N–H and O–H groups in total. The van der Waals surface area contributed by atoms with Gasteiger partial charge >= 0.3 is 0 Å². The van der Waals surface area contributed by atoms with Crippen molar-refractivity contribution < 1.29 is 13.9 Å². The van der Waals surface area contributed by atoms with Gasteiger partial charge in [-0.1, -0.05) is 0 Å². The van der Waals surface area contributed by atoms with Gasteiger partial charge in [-0.2, -0.15) is 0 Å². The van der Waals surface area contributed by atoms with Crippen LogP contribution in [0.25, 0.3) is 11.4 Å². The lowest BCUT2D eigenvalue weighted by Crippen LogP contribution is -2.39. The predicted octanol–water partition coefficient (Wildman–Crippen LogP) is 1.97. The Morgan fingerprint density at radius 2 is 1.93 bits per heavy atom. The molecular weight excluding hydrogens is 387 g/mol. The molecule has 0 bridgehead atoms. The summed E-state index contributed by atoms with van der Waals surface area (Å²) in [5.74, 6) is 0.853. The molecule has 2 aliphatic rings. The van der Waals surface area contributed by atoms with Crippen molar-refractivity contribution in [1.29, 1.82) is 0 Å². The predicted molar refractivity (Wildman–Crippen MR) is 107 cm³/mol. The zero-order valence-electron chi connectivity index (χ0n) is 16.4. The molecule has 0 atom stereocenters. The maximum Gasteiger partial charge on any atom is 0.254 e. The summed E-state index contributed by atoms with van der Waals surface area (Å²) < 4.78 is 22.0. The van der Waals surface area contributed by atoms with E-state index in [0.717, 1.165) is 11.4 Å². The Labute approximate surface area is 172 Å². The van der Waals surface area contributed by atoms with Crippen molar-refractivity contribution in [3.8, 4) is 11.4 Å². The van der Waals surface area contributed by atoms with E-state index < -0.39 is 0 Å². The van der Waals surface area contributed by atoms with E-state index in [9.17, 15) is 9.18 Å². The number of rotatable bonds is 3. The van der Waals surface area contributed by atoms with Gasteiger partial charge in [0.15, 0.2) is 11.6 Å². The summed E-state index contributed by atoms with van der Waals surface area (Å²) in [6.45, 7) is 3.86. The normalized spacial score (nSPS) is 16.4. The van der Waals surface area contributed by atoms with E-state index in [-0.39, 0.29) is 11.7 Å². The number of carbonyl (C=O) groups is 1. The van der Waals surface area contributed by atoms with E-state index in [2.05, 4.69) is 15.2 Å². The first-order chi connectivity index (χ1) is 14.7. The molecule has 0 saturated carbocycles. The highest BCUT2D eigenvalue weighted by atomic mass is 19.1. The third-order valence-electron chi connectivity index (χ3n) is 5.51. The number of anilines is 1. The Morgan fingerprint density at radius 1 is 1.07 bits per heavy atom. The summed E-state index contributed by atoms with van der Waals surface area (Å²) in [6.07, 6.45) is 3.45. The van der Waals surface area contributed by atoms with Gasteiger partial charge in [-0.3, -0.25) is 9.78 Å². The van der Waals surface area contributed by atoms with Gasteiger partial charge in [0.2, 0.25) is 0 Å². The van der Waals surface area contributed by atoms with E-state index in [1.165, 1.54) is 6.07 Å². The molecule has 0 radical (unpaired) electrons. The summed E-state index contributed by atoms with van der Waals surface area (Å²) in [4.78, 5) is 20.7. The monoisotopic (exact) mass is 408 g/mol. The number of ether oxygens (including phenoxy) is 1. The number of morpholine rings is 1. The maximum atomic E-state index is 14.7. The van der Waals surface area contributed by atoms with Crippen LogP contribution in [0.5, 0.6) is 0 Å². The molecule has 9 heteroatoms. The van der Waals surface area contributed by atoms with Gasteiger partial charge < -0.3 is 19.1 Å². The van der Waals surface area contributed by atoms with Crippen molar-refractivity contribution in [3.63, 3.8) is 0 Å². The third-order valence-corrected chi connectivity index (χ3v) is 5.51. The second-order valence-electron chi connectivity index (χ2n) is 7.33. The van der Waals surface area contributed by atoms with Crippen LogP contribution in [0, 0.1) is 5.82 Å². The first-order valence-corrected chi connectivity index (χ1v) is 9.95. The maximum absolute atomic E-state index is 14.7. The first kappa shape index (κ1) is 18.7. The fourth-order valence-electron chi connectivity index (χ4n) is 3.92. The molecular formula is C21H21FN6O2. The molecule has 3 aromatic rings. The second kappa shape index (κ2) is 7.83. The molecule has 2 aromatic heterocycles. The topological polar surface area (TPSA) is 76.4 Å². The molecule has 4 heterocycles. The van der Waals surface area contributed by atoms with Crippen molar-refractivity contribution in [1.82, 2.24) is 24.6 Å². The quantitative estimate of drug-likeness (QED) is 0.660. The van der Waals surface area contributed by atoms with E-state index in [0.29, 0.717) is 63.0 Å². The number of amides is 1. The summed E-state index contributed by atoms with van der Waals surface area (Å²) >= 11 is 0. The largest absolute Gasteiger partial charge is 0.378 e. The lowest BCUT2D eigenvalue weighted by molar-refractivity contribution is 0.0707. The molecule has 5 rings (SSSR count). The van der Waals surface area contributed by atoms with Crippen LogP contribution < -0.4 is 4.90 Å². The van der Waals surface area contributed by atoms with Gasteiger partial charge in [-0.05, 0) is 30.3 Å². The van der Waals surface area contributed by atoms with Crippen molar-refractivity contribution >= 4 is 11.6 Å². The van der Waals surface area contributed by atoms with Crippen molar-refractivity contribution in [3.05, 3.63) is 59.9 Å². The van der Waals surface area contributed by atoms with Crippen LogP contribution in [-0.4, -0.2) is 63.4 Å². The van der Waals surface area contributed by atoms with E-state index in [4.69, 9.17) is 4.74 Å². The molecule has 154 valence electrons. The Morgan fingerprint density at radius 3 is 2.70 bits per heavy atom. The molecule has 0 spiro atoms. The van der Waals surface area contributed by atoms with Crippen molar-refractivity contribution in [2.75, 3.05) is 37.7 Å². The van der Waals surface area contributed by atoms with E-state index in [1.807, 2.05) is 21.6 Å². The zero-order valence-corrected chi connectivity index (χ0v) is 16.4. The highest BCUT2D eigenvalue weighted by Crippen LogP contribution is 2.25. The molecule has 1 aromatic carbocycles. The molecule has 1 amide bonds. The van der Waals surface area contributed by atoms with Crippen LogP contribution in [0.15, 0.2) is 42.7 Å². The first-order valence-electron chi connectivity index (χ1n) is 9.95. The number of hydrogen-bond acceptors (Lipinski definition) is 6. The van der Waals surface area contributed by atoms with Crippen LogP contribution in [0.4, 0.5) is 10.1 Å². The minimum atomic E-state index is -0.387. The molecule has 1 fully saturated rings. The number of carbonyl (C=O) groups excluding carboxylic acids is 1. The smallest absolute Gasteiger partial charge is 0.254 e. The Kier molecular flexibility index (Phi) is 4.88. The van der Waals surface area contributed by atoms with Crippen LogP contribution in [-0.2, 0) is 17.8 Å². The third kappa shape index (κ3) is 3.41. The number of benzene rings is 1. The highest BCUT2D eigenvalue weighted by Gasteiger charge is 2.26. The number of pyridine rings is 1. The molecule has 30 heavy (non-hydrogen) atoms. The van der Waals surface area contributed by atoms with E-state index >= 15 is 0 Å². The molecule has 2 aliphatic heterocycles. The number of halogens is 1. The van der Waals surface area contributed by atoms with Crippen LogP contribution in [0.2, 0.25) is 0 Å². The number of aromatic nitrogens is 4.